The van der Waals surface area contributed by atoms with Crippen LogP contribution in [0.3, 0.4) is 0 Å². The van der Waals surface area contributed by atoms with Gasteiger partial charge in [0.2, 0.25) is 23.6 Å². The summed E-state index contributed by atoms with van der Waals surface area (Å²) >= 11 is 0. The highest BCUT2D eigenvalue weighted by Gasteiger charge is 2.45. The number of cyclic esters (lactones) is 1. The number of amides is 6. The van der Waals surface area contributed by atoms with Crippen LogP contribution in [-0.2, 0) is 89.1 Å². The first-order chi connectivity index (χ1) is 40.4. The number of Topliss-reactive ketones (excluding diaryl/α,β-unsaturated/α-hetero) is 3. The lowest BCUT2D eigenvalue weighted by Crippen LogP contribution is -2.47. The number of nitrogens with one attached hydrogen (secondary N) is 4. The summed E-state index contributed by atoms with van der Waals surface area (Å²) in [5.74, 6) is -7.93. The molecule has 2 aromatic heterocycles. The topological polar surface area (TPSA) is 397 Å². The van der Waals surface area contributed by atoms with Crippen LogP contribution in [0.2, 0.25) is 0 Å². The molecule has 0 aliphatic carbocycles. The van der Waals surface area contributed by atoms with Crippen LogP contribution in [-0.4, -0.2) is 167 Å². The Labute approximate surface area is 484 Å². The van der Waals surface area contributed by atoms with Crippen molar-refractivity contribution in [3.05, 3.63) is 110 Å². The van der Waals surface area contributed by atoms with E-state index in [0.717, 1.165) is 12.2 Å². The van der Waals surface area contributed by atoms with Crippen LogP contribution in [0.1, 0.15) is 98.1 Å². The molecule has 6 amide bonds. The van der Waals surface area contributed by atoms with Crippen LogP contribution in [0, 0.1) is 12.7 Å². The van der Waals surface area contributed by atoms with Gasteiger partial charge >= 0.3 is 5.97 Å². The predicted octanol–water partition coefficient (Wildman–Crippen LogP) is -1.37. The number of esters is 1. The average molecular weight is 1180 g/mol. The molecule has 5 heterocycles. The lowest BCUT2D eigenvalue weighted by Gasteiger charge is -2.31. The Morgan fingerprint density at radius 3 is 2.12 bits per heavy atom. The molecule has 27 heteroatoms. The van der Waals surface area contributed by atoms with Crippen LogP contribution in [0.25, 0.3) is 22.3 Å². The lowest BCUT2D eigenvalue weighted by molar-refractivity contribution is -0.172. The van der Waals surface area contributed by atoms with Gasteiger partial charge in [-0.3, -0.25) is 52.8 Å². The number of pyridine rings is 2. The fourth-order valence-electron chi connectivity index (χ4n) is 10.0. The summed E-state index contributed by atoms with van der Waals surface area (Å²) in [6.45, 7) is 0.0448. The van der Waals surface area contributed by atoms with Crippen LogP contribution in [0.15, 0.2) is 65.5 Å². The van der Waals surface area contributed by atoms with Gasteiger partial charge in [0.1, 0.15) is 56.4 Å². The van der Waals surface area contributed by atoms with Crippen molar-refractivity contribution in [2.24, 2.45) is 0 Å². The molecule has 10 N–H and O–H groups in total. The summed E-state index contributed by atoms with van der Waals surface area (Å²) in [6, 6.07) is 10.4. The van der Waals surface area contributed by atoms with Gasteiger partial charge in [-0.05, 0) is 61.4 Å². The first kappa shape index (κ1) is 64.3. The molecule has 2 aromatic carbocycles. The van der Waals surface area contributed by atoms with Crippen molar-refractivity contribution in [1.82, 2.24) is 35.7 Å². The predicted molar refractivity (Wildman–Crippen MR) is 293 cm³/mol. The summed E-state index contributed by atoms with van der Waals surface area (Å²) in [5, 5.41) is 70.6. The molecule has 4 aromatic rings. The minimum atomic E-state index is -2.03. The SMILES string of the molecule is CC[C@@]1(O)C(=O)OCc2c1cc1n(c2=O)Cc2cc3c(CNC(=O)COCNC(=O)CCC(=O)[C@H](Cc4ccccc4)NC(=O)CCC(=O)[C@H](CCC(=O)CC[C@H](O)[C@@H](O)[C@H](O)[C@H](O)CO)NC(=O)CN4C(=O)C=CC4=O)c(C)c(F)cc3nc2-1. The Balaban J connectivity index is 0.892. The molecule has 3 aliphatic rings. The van der Waals surface area contributed by atoms with Crippen molar-refractivity contribution >= 4 is 69.7 Å². The molecule has 0 spiro atoms. The van der Waals surface area contributed by atoms with Gasteiger partial charge in [-0.15, -0.1) is 0 Å². The van der Waals surface area contributed by atoms with Gasteiger partial charge in [0.05, 0.1) is 53.8 Å². The van der Waals surface area contributed by atoms with E-state index in [0.29, 0.717) is 38.4 Å². The number of carbonyl (C=O) groups is 10. The second kappa shape index (κ2) is 28.5. The maximum absolute atomic E-state index is 15.4. The van der Waals surface area contributed by atoms with Crippen molar-refractivity contribution in [3.8, 4) is 11.4 Å². The Morgan fingerprint density at radius 2 is 1.44 bits per heavy atom. The second-order valence-electron chi connectivity index (χ2n) is 20.9. The smallest absolute Gasteiger partial charge is 0.343 e. The number of aromatic nitrogens is 2. The zero-order valence-electron chi connectivity index (χ0n) is 46.5. The van der Waals surface area contributed by atoms with Gasteiger partial charge in [-0.1, -0.05) is 37.3 Å². The molecule has 0 radical (unpaired) electrons. The van der Waals surface area contributed by atoms with E-state index in [1.807, 2.05) is 0 Å². The number of imide groups is 1. The van der Waals surface area contributed by atoms with Crippen molar-refractivity contribution < 1.29 is 92.4 Å². The van der Waals surface area contributed by atoms with Crippen molar-refractivity contribution in [3.63, 3.8) is 0 Å². The number of aliphatic hydroxyl groups is 6. The Morgan fingerprint density at radius 1 is 0.788 bits per heavy atom. The van der Waals surface area contributed by atoms with E-state index in [-0.39, 0.29) is 80.4 Å². The number of fused-ring (bicyclic) bond motifs is 5. The molecule has 0 bridgehead atoms. The van der Waals surface area contributed by atoms with Gasteiger partial charge < -0.3 is 65.9 Å². The highest BCUT2D eigenvalue weighted by Crippen LogP contribution is 2.39. The van der Waals surface area contributed by atoms with E-state index < -0.39 is 164 Å². The number of aliphatic hydroxyl groups excluding tert-OH is 5. The summed E-state index contributed by atoms with van der Waals surface area (Å²) in [7, 11) is 0. The summed E-state index contributed by atoms with van der Waals surface area (Å²) in [6.07, 6.45) is -8.81. The normalized spacial score (nSPS) is 17.2. The first-order valence-electron chi connectivity index (χ1n) is 27.4. The molecule has 85 heavy (non-hydrogen) atoms. The molecular weight excluding hydrogens is 1120 g/mol. The monoisotopic (exact) mass is 1180 g/mol. The maximum atomic E-state index is 15.4. The van der Waals surface area contributed by atoms with E-state index in [2.05, 4.69) is 21.3 Å². The molecule has 454 valence electrons. The zero-order chi connectivity index (χ0) is 61.9. The summed E-state index contributed by atoms with van der Waals surface area (Å²) in [4.78, 5) is 148. The third-order valence-electron chi connectivity index (χ3n) is 15.1. The van der Waals surface area contributed by atoms with Crippen LogP contribution in [0.4, 0.5) is 4.39 Å². The van der Waals surface area contributed by atoms with Crippen molar-refractivity contribution in [2.75, 3.05) is 26.5 Å². The van der Waals surface area contributed by atoms with Crippen LogP contribution in [0.5, 0.6) is 0 Å². The quantitative estimate of drug-likeness (QED) is 0.0106. The van der Waals surface area contributed by atoms with E-state index in [9.17, 15) is 78.3 Å². The summed E-state index contributed by atoms with van der Waals surface area (Å²) < 4.78 is 27.4. The van der Waals surface area contributed by atoms with Crippen molar-refractivity contribution in [1.29, 1.82) is 0 Å². The summed E-state index contributed by atoms with van der Waals surface area (Å²) in [5.41, 5.74) is 0.536. The van der Waals surface area contributed by atoms with E-state index >= 15 is 4.39 Å². The molecule has 7 rings (SSSR count). The standard InChI is InChI=1S/C58H66FN7O19/c1-3-58(83)37-21-42-53-32(24-65(42)56(81)36(37)27-85-57(58)82)20-34-35(30(2)38(59)22-40(34)64-53)23-60-50(76)28-84-29-61-47(73)15-13-44(70)41(19-31-7-5-4-6-8-31)63-48(74)16-14-43(69)39(62-49(75)25-66-51(77)17-18-52(66)78)11-9-33(68)10-12-45(71)54(79)55(80)46(72)26-67/h4-8,17-18,20-22,39,41,45-46,54-55,67,71-72,79-80,83H,3,9-16,19,23-29H2,1-2H3,(H,60,76)(H,61,73)(H,62,75)(H,63,74)/t39-,41-,45-,46+,54+,55+,58-/m0/s1. The lowest BCUT2D eigenvalue weighted by atomic mass is 9.86. The molecule has 0 saturated heterocycles. The van der Waals surface area contributed by atoms with E-state index in [1.54, 1.807) is 49.4 Å². The number of hydrogen-bond donors (Lipinski definition) is 10. The maximum Gasteiger partial charge on any atom is 0.343 e. The number of hydrogen-bond acceptors (Lipinski definition) is 20. The van der Waals surface area contributed by atoms with Gasteiger partial charge in [0.25, 0.3) is 17.4 Å². The Bertz CT molecular complexity index is 3350. The minimum absolute atomic E-state index is 0.0123. The van der Waals surface area contributed by atoms with Gasteiger partial charge in [0.15, 0.2) is 17.2 Å². The van der Waals surface area contributed by atoms with Crippen molar-refractivity contribution in [2.45, 2.75) is 140 Å². The van der Waals surface area contributed by atoms with E-state index in [4.69, 9.17) is 19.6 Å². The second-order valence-corrected chi connectivity index (χ2v) is 20.9. The Hall–Kier alpha value is -8.31. The fourth-order valence-corrected chi connectivity index (χ4v) is 10.0. The highest BCUT2D eigenvalue weighted by molar-refractivity contribution is 6.14. The number of ketones is 3. The first-order valence-corrected chi connectivity index (χ1v) is 27.4. The number of ether oxygens (including phenoxy) is 2. The largest absolute Gasteiger partial charge is 0.458 e. The van der Waals surface area contributed by atoms with Crippen LogP contribution >= 0.6 is 0 Å². The van der Waals surface area contributed by atoms with Gasteiger partial charge in [-0.25, -0.2) is 14.2 Å². The molecule has 7 atom stereocenters. The number of benzene rings is 2. The van der Waals surface area contributed by atoms with E-state index in [1.165, 1.54) is 17.6 Å². The molecular formula is C58H66FN7O19. The highest BCUT2D eigenvalue weighted by atomic mass is 19.1. The fraction of sp³-hybridized carbons (Fsp3) is 0.448. The third kappa shape index (κ3) is 15.5. The third-order valence-corrected chi connectivity index (χ3v) is 15.1. The number of rotatable bonds is 31. The van der Waals surface area contributed by atoms with Crippen LogP contribution < -0.4 is 26.8 Å². The number of carbonyl (C=O) groups excluding carboxylic acids is 10. The molecule has 0 fully saturated rings. The molecule has 0 saturated carbocycles. The molecule has 3 aliphatic heterocycles. The Kier molecular flexibility index (Phi) is 21.6. The number of halogens is 1. The molecule has 0 unspecified atom stereocenters. The average Bonchev–Trinajstić information content (AvgIpc) is 3.01. The zero-order valence-corrected chi connectivity index (χ0v) is 46.5. The number of nitrogens with zero attached hydrogens (tertiary/aromatic N) is 3. The van der Waals surface area contributed by atoms with Gasteiger partial charge in [0, 0.05) is 79.8 Å². The van der Waals surface area contributed by atoms with Gasteiger partial charge in [-0.2, -0.15) is 0 Å². The minimum Gasteiger partial charge on any atom is -0.458 e. The molecule has 26 nitrogen and oxygen atoms in total.